The average molecular weight is 1570 g/mol. The average Bonchev–Trinajstić information content (AvgIpc) is 0.731. The van der Waals surface area contributed by atoms with Crippen LogP contribution in [0.5, 0.6) is 0 Å². The van der Waals surface area contributed by atoms with Crippen LogP contribution in [0.2, 0.25) is 0 Å². The largest absolute Gasteiger partial charge is 1.00 e. The molecule has 5 heteroatoms. The van der Waals surface area contributed by atoms with Gasteiger partial charge in [0.1, 0.15) is 0 Å². The summed E-state index contributed by atoms with van der Waals surface area (Å²) in [5.74, 6) is 0. The standard InChI is InChI=1S/C44H30N.C30H24N2.C26H17Br.2C6H5.Na/c1-5-15-32(16-6-1)33-25-27-37(28-26-33)45(36-21-11-4-12-22-36)38-29-30-41-42(31-38)44(35-19-9-3-10-20-35)40-24-14-13-23-39(40)43(41)34-17-7-2-8-18-34;1-4-10-26(11-5-1)31-27-20-16-24(17-21-27)25-18-22-30(23-19-25)32(28-12-6-2-7-13-28)29-14-8-3-9-15-29;27-20-15-16-23-24(17-20)26(19-11-5-2-6-12-19)22-14-8-7-13-21(22)25(23)18-9-3-1-4-10-18;2*1-2-4-6-5-3-1;/h2-31H;1-23,31H;1-17H;2*1-5H;/q-1;;;2*-1;+1. The van der Waals surface area contributed by atoms with E-state index in [1.54, 1.807) is 0 Å². The zero-order valence-electron chi connectivity index (χ0n) is 65.0. The Morgan fingerprint density at radius 3 is 0.778 bits per heavy atom. The first-order valence-corrected chi connectivity index (χ1v) is 39.8. The molecule has 0 aliphatic carbocycles. The molecule has 117 heavy (non-hydrogen) atoms. The number of anilines is 8. The van der Waals surface area contributed by atoms with E-state index >= 15 is 0 Å². The van der Waals surface area contributed by atoms with Crippen molar-refractivity contribution in [1.29, 1.82) is 0 Å². The van der Waals surface area contributed by atoms with Gasteiger partial charge in [-0.2, -0.15) is 103 Å². The summed E-state index contributed by atoms with van der Waals surface area (Å²) in [5, 5.41) is 13.5. The minimum absolute atomic E-state index is 0. The van der Waals surface area contributed by atoms with Crippen molar-refractivity contribution in [2.75, 3.05) is 15.1 Å². The van der Waals surface area contributed by atoms with Crippen molar-refractivity contribution >= 4 is 105 Å². The Bertz CT molecular complexity index is 6340. The first kappa shape index (κ1) is 78.6. The van der Waals surface area contributed by atoms with Crippen LogP contribution in [0.4, 0.5) is 45.5 Å². The molecule has 1 N–H and O–H groups in total. The van der Waals surface area contributed by atoms with Crippen LogP contribution in [-0.2, 0) is 0 Å². The van der Waals surface area contributed by atoms with Crippen LogP contribution in [0.1, 0.15) is 0 Å². The number of halogens is 1. The van der Waals surface area contributed by atoms with E-state index in [1.807, 2.05) is 103 Å². The molecule has 0 saturated carbocycles. The second kappa shape index (κ2) is 39.4. The monoisotopic (exact) mass is 1570 g/mol. The summed E-state index contributed by atoms with van der Waals surface area (Å²) < 4.78 is 1.10. The normalized spacial score (nSPS) is 10.5. The van der Waals surface area contributed by atoms with Gasteiger partial charge in [-0.1, -0.05) is 307 Å². The number of hydrogen-bond acceptors (Lipinski definition) is 3. The summed E-state index contributed by atoms with van der Waals surface area (Å²) >= 11 is 3.68. The zero-order chi connectivity index (χ0) is 78.3. The molecule has 3 nitrogen and oxygen atoms in total. The summed E-state index contributed by atoms with van der Waals surface area (Å²) in [6, 6.07) is 178. The zero-order valence-corrected chi connectivity index (χ0v) is 68.5. The molecule has 554 valence electrons. The van der Waals surface area contributed by atoms with Crippen molar-refractivity contribution in [1.82, 2.24) is 0 Å². The Labute approximate surface area is 717 Å². The Hall–Kier alpha value is -13.7. The molecule has 20 aromatic rings. The summed E-state index contributed by atoms with van der Waals surface area (Å²) in [6.45, 7) is 0. The molecule has 0 aliphatic heterocycles. The fraction of sp³-hybridized carbons (Fsp3) is 0. The Kier molecular flexibility index (Phi) is 26.5. The maximum atomic E-state index is 3.68. The molecule has 0 bridgehead atoms. The van der Waals surface area contributed by atoms with E-state index in [0.717, 1.165) is 50.0 Å². The third-order valence-electron chi connectivity index (χ3n) is 20.3. The third kappa shape index (κ3) is 19.1. The Balaban J connectivity index is 0.000000131. The topological polar surface area (TPSA) is 18.5 Å². The van der Waals surface area contributed by atoms with Gasteiger partial charge in [0, 0.05) is 50.0 Å². The van der Waals surface area contributed by atoms with Crippen LogP contribution in [0, 0.1) is 18.2 Å². The molecule has 0 saturated heterocycles. The van der Waals surface area contributed by atoms with E-state index in [1.165, 1.54) is 110 Å². The first-order valence-electron chi connectivity index (χ1n) is 39.1. The van der Waals surface area contributed by atoms with Crippen molar-refractivity contribution < 1.29 is 29.6 Å². The molecule has 0 heterocycles. The van der Waals surface area contributed by atoms with Gasteiger partial charge in [0.15, 0.2) is 0 Å². The fourth-order valence-corrected chi connectivity index (χ4v) is 15.4. The van der Waals surface area contributed by atoms with Gasteiger partial charge in [-0.25, -0.2) is 0 Å². The Morgan fingerprint density at radius 1 is 0.179 bits per heavy atom. The summed E-state index contributed by atoms with van der Waals surface area (Å²) in [5.41, 5.74) is 23.7. The summed E-state index contributed by atoms with van der Waals surface area (Å²) in [4.78, 5) is 4.63. The number of para-hydroxylation sites is 4. The molecule has 0 aliphatic rings. The number of nitrogens with zero attached hydrogens (tertiary/aromatic N) is 2. The van der Waals surface area contributed by atoms with E-state index in [2.05, 4.69) is 431 Å². The first-order chi connectivity index (χ1) is 57.5. The fourth-order valence-electron chi connectivity index (χ4n) is 15.0. The molecule has 20 aromatic carbocycles. The van der Waals surface area contributed by atoms with Crippen LogP contribution in [0.25, 0.3) is 110 Å². The van der Waals surface area contributed by atoms with Gasteiger partial charge in [-0.05, 0) is 213 Å². The molecule has 0 spiro atoms. The van der Waals surface area contributed by atoms with E-state index < -0.39 is 0 Å². The molecule has 0 unspecified atom stereocenters. The van der Waals surface area contributed by atoms with E-state index in [0.29, 0.717) is 0 Å². The van der Waals surface area contributed by atoms with E-state index in [9.17, 15) is 0 Å². The number of fused-ring (bicyclic) bond motifs is 4. The third-order valence-corrected chi connectivity index (χ3v) is 20.8. The van der Waals surface area contributed by atoms with Crippen LogP contribution in [-0.4, -0.2) is 0 Å². The molecular weight excluding hydrogens is 1490 g/mol. The van der Waals surface area contributed by atoms with E-state index in [-0.39, 0.29) is 29.6 Å². The number of hydrogen-bond donors (Lipinski definition) is 1. The van der Waals surface area contributed by atoms with Gasteiger partial charge in [0.2, 0.25) is 0 Å². The summed E-state index contributed by atoms with van der Waals surface area (Å²) in [7, 11) is 0. The molecule has 0 amide bonds. The maximum Gasteiger partial charge on any atom is 1.00 e. The predicted octanol–water partition coefficient (Wildman–Crippen LogP) is 28.9. The molecule has 20 rings (SSSR count). The second-order valence-corrected chi connectivity index (χ2v) is 28.7. The number of nitrogens with one attached hydrogen (secondary N) is 1. The van der Waals surface area contributed by atoms with Crippen LogP contribution in [0.15, 0.2) is 490 Å². The maximum absolute atomic E-state index is 3.68. The van der Waals surface area contributed by atoms with Gasteiger partial charge in [-0.15, -0.1) is 5.56 Å². The van der Waals surface area contributed by atoms with Crippen LogP contribution >= 0.6 is 15.9 Å². The second-order valence-electron chi connectivity index (χ2n) is 27.8. The molecular formula is C112H81BrN3Na-2. The molecule has 0 fully saturated rings. The van der Waals surface area contributed by atoms with Crippen molar-refractivity contribution in [3.63, 3.8) is 0 Å². The van der Waals surface area contributed by atoms with Crippen LogP contribution in [0.3, 0.4) is 0 Å². The number of benzene rings is 20. The molecule has 0 radical (unpaired) electrons. The predicted molar refractivity (Wildman–Crippen MR) is 498 cm³/mol. The molecule has 0 aromatic heterocycles. The quantitative estimate of drug-likeness (QED) is 0.0665. The van der Waals surface area contributed by atoms with Gasteiger partial charge >= 0.3 is 29.6 Å². The SMILES string of the molecule is Brc1ccc2c(-c3ccccc3)c3ccccc3c(-c3ccccc3)c2c1.[Na+].[c-]1ccc(-c2ccc(N(c3ccccc3)c3ccc4c(-c5ccccc5)c5ccccc5c(-c5ccccc5)c4c3)cc2)cc1.[c-]1ccccc1.[c-]1ccccc1.c1ccc(Nc2ccc(-c3ccc(N(c4ccccc4)c4ccccc4)cc3)cc2)cc1. The van der Waals surface area contributed by atoms with E-state index in [4.69, 9.17) is 0 Å². The number of rotatable bonds is 14. The smallest absolute Gasteiger partial charge is 0.356 e. The van der Waals surface area contributed by atoms with Gasteiger partial charge in [0.05, 0.1) is 0 Å². The molecule has 0 atom stereocenters. The summed E-state index contributed by atoms with van der Waals surface area (Å²) in [6.07, 6.45) is 0. The minimum Gasteiger partial charge on any atom is -0.356 e. The van der Waals surface area contributed by atoms with Gasteiger partial charge in [-0.3, -0.25) is 0 Å². The van der Waals surface area contributed by atoms with Crippen molar-refractivity contribution in [2.45, 2.75) is 0 Å². The van der Waals surface area contributed by atoms with Crippen molar-refractivity contribution in [3.05, 3.63) is 508 Å². The van der Waals surface area contributed by atoms with Crippen molar-refractivity contribution in [3.8, 4) is 66.8 Å². The van der Waals surface area contributed by atoms with Crippen molar-refractivity contribution in [2.24, 2.45) is 0 Å². The van der Waals surface area contributed by atoms with Gasteiger partial charge in [0.25, 0.3) is 0 Å². The van der Waals surface area contributed by atoms with Gasteiger partial charge < -0.3 is 15.1 Å². The minimum atomic E-state index is 0. The van der Waals surface area contributed by atoms with Crippen LogP contribution < -0.4 is 44.7 Å². The Morgan fingerprint density at radius 2 is 0.427 bits per heavy atom.